The van der Waals surface area contributed by atoms with Gasteiger partial charge >= 0.3 is 0 Å². The smallest absolute Gasteiger partial charge is 0.244 e. The van der Waals surface area contributed by atoms with Gasteiger partial charge in [-0.25, -0.2) is 4.98 Å². The summed E-state index contributed by atoms with van der Waals surface area (Å²) < 4.78 is 5.47. The Labute approximate surface area is 163 Å². The van der Waals surface area contributed by atoms with Crippen molar-refractivity contribution in [2.75, 3.05) is 0 Å². The summed E-state index contributed by atoms with van der Waals surface area (Å²) >= 11 is 0. The molecule has 0 bridgehead atoms. The third-order valence-electron chi connectivity index (χ3n) is 4.50. The number of furan rings is 1. The van der Waals surface area contributed by atoms with Crippen molar-refractivity contribution >= 4 is 23.0 Å². The summed E-state index contributed by atoms with van der Waals surface area (Å²) in [4.78, 5) is 20.5. The fourth-order valence-electron chi connectivity index (χ4n) is 3.12. The minimum atomic E-state index is -0.273. The minimum absolute atomic E-state index is 0.199. The zero-order valence-corrected chi connectivity index (χ0v) is 15.6. The molecule has 0 saturated carbocycles. The van der Waals surface area contributed by atoms with Gasteiger partial charge in [0.25, 0.3) is 0 Å². The lowest BCUT2D eigenvalue weighted by Gasteiger charge is -2.16. The van der Waals surface area contributed by atoms with Crippen LogP contribution in [0.25, 0.3) is 17.1 Å². The average Bonchev–Trinajstić information content (AvgIpc) is 3.32. The van der Waals surface area contributed by atoms with E-state index in [0.717, 1.165) is 28.2 Å². The molecule has 4 rings (SSSR count). The monoisotopic (exact) mass is 371 g/mol. The number of carbonyl (C=O) groups is 1. The van der Waals surface area contributed by atoms with Gasteiger partial charge in [-0.05, 0) is 49.2 Å². The molecule has 0 spiro atoms. The largest absolute Gasteiger partial charge is 0.462 e. The summed E-state index contributed by atoms with van der Waals surface area (Å²) in [5.74, 6) is 2.00. The molecule has 0 radical (unpaired) electrons. The molecule has 0 unspecified atom stereocenters. The van der Waals surface area contributed by atoms with Crippen molar-refractivity contribution < 1.29 is 9.21 Å². The number of rotatable bonds is 6. The molecule has 0 saturated heterocycles. The number of imidazole rings is 1. The van der Waals surface area contributed by atoms with Crippen LogP contribution in [0.5, 0.6) is 0 Å². The fourth-order valence-corrected chi connectivity index (χ4v) is 3.12. The van der Waals surface area contributed by atoms with Crippen LogP contribution in [0.3, 0.4) is 0 Å². The lowest BCUT2D eigenvalue weighted by Crippen LogP contribution is -2.29. The Morgan fingerprint density at radius 3 is 2.64 bits per heavy atom. The summed E-state index contributed by atoms with van der Waals surface area (Å²) in [5.41, 5.74) is 2.96. The summed E-state index contributed by atoms with van der Waals surface area (Å²) in [6.07, 6.45) is 3.79. The Bertz CT molecular complexity index is 1080. The second-order valence-corrected chi connectivity index (χ2v) is 6.67. The number of hydrogen-bond acceptors (Lipinski definition) is 3. The van der Waals surface area contributed by atoms with Crippen molar-refractivity contribution in [2.24, 2.45) is 0 Å². The molecule has 5 heteroatoms. The van der Waals surface area contributed by atoms with Crippen LogP contribution in [0.1, 0.15) is 29.0 Å². The molecule has 2 aromatic heterocycles. The molecule has 5 nitrogen and oxygen atoms in total. The fraction of sp³-hybridized carbons (Fsp3) is 0.130. The van der Waals surface area contributed by atoms with Crippen LogP contribution in [0, 0.1) is 6.92 Å². The van der Waals surface area contributed by atoms with Gasteiger partial charge < -0.3 is 14.7 Å². The van der Waals surface area contributed by atoms with E-state index in [-0.39, 0.29) is 11.9 Å². The third-order valence-corrected chi connectivity index (χ3v) is 4.50. The van der Waals surface area contributed by atoms with Crippen molar-refractivity contribution in [1.29, 1.82) is 0 Å². The van der Waals surface area contributed by atoms with Gasteiger partial charge in [0.15, 0.2) is 0 Å². The van der Waals surface area contributed by atoms with Crippen molar-refractivity contribution in [1.82, 2.24) is 15.3 Å². The zero-order chi connectivity index (χ0) is 19.3. The molecule has 1 atom stereocenters. The molecule has 28 heavy (non-hydrogen) atoms. The predicted octanol–water partition coefficient (Wildman–Crippen LogP) is 4.58. The van der Waals surface area contributed by atoms with Gasteiger partial charge in [-0.15, -0.1) is 0 Å². The van der Waals surface area contributed by atoms with E-state index in [1.807, 2.05) is 73.7 Å². The highest BCUT2D eigenvalue weighted by Gasteiger charge is 2.18. The second-order valence-electron chi connectivity index (χ2n) is 6.67. The van der Waals surface area contributed by atoms with E-state index in [4.69, 9.17) is 4.42 Å². The maximum Gasteiger partial charge on any atom is 0.244 e. The van der Waals surface area contributed by atoms with Crippen molar-refractivity contribution in [3.05, 3.63) is 95.7 Å². The van der Waals surface area contributed by atoms with Gasteiger partial charge in [-0.2, -0.15) is 0 Å². The normalized spacial score (nSPS) is 12.5. The van der Waals surface area contributed by atoms with Crippen LogP contribution in [-0.2, 0) is 11.2 Å². The minimum Gasteiger partial charge on any atom is -0.462 e. The third kappa shape index (κ3) is 4.20. The SMILES string of the molecule is Cc1ccc(/C=C/C(=O)N[C@@H](Cc2ccccc2)c2nc3ccccc3[nH]2)o1. The first-order valence-electron chi connectivity index (χ1n) is 9.21. The molecule has 0 aliphatic rings. The van der Waals surface area contributed by atoms with E-state index in [1.165, 1.54) is 6.08 Å². The highest BCUT2D eigenvalue weighted by atomic mass is 16.3. The molecule has 140 valence electrons. The second kappa shape index (κ2) is 7.96. The van der Waals surface area contributed by atoms with Crippen LogP contribution >= 0.6 is 0 Å². The Balaban J connectivity index is 1.57. The van der Waals surface area contributed by atoms with Crippen molar-refractivity contribution in [3.8, 4) is 0 Å². The van der Waals surface area contributed by atoms with Gasteiger partial charge in [0.2, 0.25) is 5.91 Å². The Hall–Kier alpha value is -3.60. The quantitative estimate of drug-likeness (QED) is 0.488. The summed E-state index contributed by atoms with van der Waals surface area (Å²) in [6, 6.07) is 21.3. The number of carbonyl (C=O) groups excluding carboxylic acids is 1. The van der Waals surface area contributed by atoms with Crippen molar-refractivity contribution in [3.63, 3.8) is 0 Å². The first-order chi connectivity index (χ1) is 13.7. The van der Waals surface area contributed by atoms with E-state index in [9.17, 15) is 4.79 Å². The van der Waals surface area contributed by atoms with Gasteiger partial charge in [0, 0.05) is 6.08 Å². The number of aryl methyl sites for hydroxylation is 1. The Morgan fingerprint density at radius 2 is 1.89 bits per heavy atom. The molecular formula is C23H21N3O2. The molecule has 2 aromatic carbocycles. The first kappa shape index (κ1) is 17.8. The number of nitrogens with zero attached hydrogens (tertiary/aromatic N) is 1. The number of para-hydroxylation sites is 2. The standard InChI is InChI=1S/C23H21N3O2/c1-16-11-12-18(28-16)13-14-22(27)24-21(15-17-7-3-2-4-8-17)23-25-19-9-5-6-10-20(19)26-23/h2-14,21H,15H2,1H3,(H,24,27)(H,25,26)/b14-13+/t21-/m0/s1. The van der Waals surface area contributed by atoms with E-state index in [2.05, 4.69) is 15.3 Å². The highest BCUT2D eigenvalue weighted by molar-refractivity contribution is 5.91. The molecule has 2 heterocycles. The topological polar surface area (TPSA) is 70.9 Å². The molecule has 0 aliphatic carbocycles. The predicted molar refractivity (Wildman–Crippen MR) is 110 cm³/mol. The first-order valence-corrected chi connectivity index (χ1v) is 9.21. The summed E-state index contributed by atoms with van der Waals surface area (Å²) in [6.45, 7) is 1.87. The van der Waals surface area contributed by atoms with Gasteiger partial charge in [-0.1, -0.05) is 42.5 Å². The number of hydrogen-bond donors (Lipinski definition) is 2. The molecule has 0 fully saturated rings. The van der Waals surface area contributed by atoms with E-state index < -0.39 is 0 Å². The van der Waals surface area contributed by atoms with Crippen LogP contribution in [0.4, 0.5) is 0 Å². The highest BCUT2D eigenvalue weighted by Crippen LogP contribution is 2.20. The Kier molecular flexibility index (Phi) is 5.06. The number of amides is 1. The van der Waals surface area contributed by atoms with Crippen LogP contribution < -0.4 is 5.32 Å². The maximum atomic E-state index is 12.5. The van der Waals surface area contributed by atoms with Crippen LogP contribution in [0.15, 0.2) is 77.2 Å². The summed E-state index contributed by atoms with van der Waals surface area (Å²) in [5, 5.41) is 3.06. The molecule has 0 aliphatic heterocycles. The Morgan fingerprint density at radius 1 is 1.11 bits per heavy atom. The number of nitrogens with one attached hydrogen (secondary N) is 2. The number of H-pyrrole nitrogens is 1. The average molecular weight is 371 g/mol. The van der Waals surface area contributed by atoms with Gasteiger partial charge in [-0.3, -0.25) is 4.79 Å². The van der Waals surface area contributed by atoms with Gasteiger partial charge in [0.1, 0.15) is 17.3 Å². The summed E-state index contributed by atoms with van der Waals surface area (Å²) in [7, 11) is 0. The molecule has 1 amide bonds. The molecule has 2 N–H and O–H groups in total. The number of aromatic nitrogens is 2. The van der Waals surface area contributed by atoms with Gasteiger partial charge in [0.05, 0.1) is 17.1 Å². The number of aromatic amines is 1. The van der Waals surface area contributed by atoms with Crippen LogP contribution in [-0.4, -0.2) is 15.9 Å². The van der Waals surface area contributed by atoms with E-state index >= 15 is 0 Å². The molecule has 4 aromatic rings. The zero-order valence-electron chi connectivity index (χ0n) is 15.6. The van der Waals surface area contributed by atoms with E-state index in [1.54, 1.807) is 6.08 Å². The van der Waals surface area contributed by atoms with Crippen LogP contribution in [0.2, 0.25) is 0 Å². The maximum absolute atomic E-state index is 12.5. The molecular weight excluding hydrogens is 350 g/mol. The lowest BCUT2D eigenvalue weighted by molar-refractivity contribution is -0.117. The lowest BCUT2D eigenvalue weighted by atomic mass is 10.1. The number of benzene rings is 2. The van der Waals surface area contributed by atoms with Crippen molar-refractivity contribution in [2.45, 2.75) is 19.4 Å². The van der Waals surface area contributed by atoms with E-state index in [0.29, 0.717) is 12.2 Å². The number of fused-ring (bicyclic) bond motifs is 1.